The lowest BCUT2D eigenvalue weighted by Gasteiger charge is -2.30. The lowest BCUT2D eigenvalue weighted by Crippen LogP contribution is -2.40. The fraction of sp³-hybridized carbons (Fsp3) is 0.333. The van der Waals surface area contributed by atoms with E-state index in [1.165, 1.54) is 0 Å². The minimum atomic E-state index is -0.304. The number of ether oxygens (including phenoxy) is 3. The number of phenols is 1. The Hall–Kier alpha value is -3.36. The molecule has 0 radical (unpaired) electrons. The zero-order valence-corrected chi connectivity index (χ0v) is 18.0. The Morgan fingerprint density at radius 1 is 1.12 bits per heavy atom. The zero-order valence-electron chi connectivity index (χ0n) is 18.0. The van der Waals surface area contributed by atoms with Crippen LogP contribution in [0.3, 0.4) is 0 Å². The van der Waals surface area contributed by atoms with Crippen LogP contribution >= 0.6 is 0 Å². The minimum absolute atomic E-state index is 0.119. The van der Waals surface area contributed by atoms with Gasteiger partial charge >= 0.3 is 0 Å². The first kappa shape index (κ1) is 20.5. The average Bonchev–Trinajstić information content (AvgIpc) is 2.83. The van der Waals surface area contributed by atoms with Crippen LogP contribution in [0.15, 0.2) is 48.8 Å². The Morgan fingerprint density at radius 3 is 2.75 bits per heavy atom. The van der Waals surface area contributed by atoms with Crippen molar-refractivity contribution in [2.75, 3.05) is 40.0 Å². The molecule has 2 aromatic carbocycles. The summed E-state index contributed by atoms with van der Waals surface area (Å²) in [5, 5.41) is 19.0. The van der Waals surface area contributed by atoms with E-state index in [9.17, 15) is 5.11 Å². The quantitative estimate of drug-likeness (QED) is 0.502. The van der Waals surface area contributed by atoms with Crippen molar-refractivity contribution < 1.29 is 19.3 Å². The molecule has 1 atom stereocenters. The fourth-order valence-electron chi connectivity index (χ4n) is 4.43. The number of fused-ring (bicyclic) bond motifs is 2. The standard InChI is InChI=1S/C24H26N4O4/c1-30-19-5-3-2-4-17(19)21-18-7-6-16(29)14-20(18)32-24-22(21)23(25)28(15-26-24)9-8-27-10-12-31-13-11-27/h2-7,14-15,21,25,29H,8-13H2,1H3/t21-/m0/s1. The topological polar surface area (TPSA) is 92.8 Å². The van der Waals surface area contributed by atoms with Gasteiger partial charge < -0.3 is 23.9 Å². The van der Waals surface area contributed by atoms with Crippen molar-refractivity contribution in [3.63, 3.8) is 0 Å². The number of methoxy groups -OCH3 is 1. The van der Waals surface area contributed by atoms with Crippen LogP contribution in [-0.4, -0.2) is 59.5 Å². The number of benzene rings is 2. The normalized spacial score (nSPS) is 17.8. The van der Waals surface area contributed by atoms with Gasteiger partial charge in [0.15, 0.2) is 0 Å². The molecule has 3 heterocycles. The third kappa shape index (κ3) is 3.72. The maximum atomic E-state index is 10.0. The molecule has 5 rings (SSSR count). The van der Waals surface area contributed by atoms with Crippen LogP contribution in [0.4, 0.5) is 0 Å². The van der Waals surface area contributed by atoms with Crippen LogP contribution in [0.25, 0.3) is 0 Å². The molecule has 0 aliphatic carbocycles. The number of rotatable bonds is 5. The first-order valence-corrected chi connectivity index (χ1v) is 10.7. The van der Waals surface area contributed by atoms with E-state index in [0.29, 0.717) is 29.2 Å². The molecule has 1 saturated heterocycles. The van der Waals surface area contributed by atoms with E-state index in [4.69, 9.17) is 19.6 Å². The highest BCUT2D eigenvalue weighted by molar-refractivity contribution is 5.59. The number of para-hydroxylation sites is 1. The van der Waals surface area contributed by atoms with E-state index in [2.05, 4.69) is 9.88 Å². The Labute approximate surface area is 186 Å². The molecule has 2 aliphatic rings. The van der Waals surface area contributed by atoms with Gasteiger partial charge in [0.25, 0.3) is 0 Å². The molecule has 0 spiro atoms. The lowest BCUT2D eigenvalue weighted by atomic mass is 9.83. The molecule has 2 N–H and O–H groups in total. The highest BCUT2D eigenvalue weighted by Crippen LogP contribution is 2.47. The van der Waals surface area contributed by atoms with Gasteiger partial charge in [0, 0.05) is 43.4 Å². The maximum absolute atomic E-state index is 10.0. The monoisotopic (exact) mass is 434 g/mol. The van der Waals surface area contributed by atoms with Crippen molar-refractivity contribution in [3.05, 3.63) is 71.0 Å². The zero-order chi connectivity index (χ0) is 22.1. The van der Waals surface area contributed by atoms with Gasteiger partial charge in [0.1, 0.15) is 29.1 Å². The minimum Gasteiger partial charge on any atom is -0.508 e. The lowest BCUT2D eigenvalue weighted by molar-refractivity contribution is 0.0362. The number of nitrogens with one attached hydrogen (secondary N) is 1. The van der Waals surface area contributed by atoms with Gasteiger partial charge in [0.05, 0.1) is 31.8 Å². The summed E-state index contributed by atoms with van der Waals surface area (Å²) in [5.41, 5.74) is 2.84. The van der Waals surface area contributed by atoms with Gasteiger partial charge in [-0.1, -0.05) is 24.3 Å². The summed E-state index contributed by atoms with van der Waals surface area (Å²) in [5.74, 6) is 1.46. The van der Waals surface area contributed by atoms with E-state index in [1.807, 2.05) is 34.9 Å². The van der Waals surface area contributed by atoms with Gasteiger partial charge in [-0.15, -0.1) is 0 Å². The van der Waals surface area contributed by atoms with Gasteiger partial charge in [-0.2, -0.15) is 0 Å². The maximum Gasteiger partial charge on any atom is 0.228 e. The third-order valence-corrected chi connectivity index (χ3v) is 6.10. The second-order valence-corrected chi connectivity index (χ2v) is 7.96. The van der Waals surface area contributed by atoms with Crippen LogP contribution < -0.4 is 15.0 Å². The molecule has 0 saturated carbocycles. The molecule has 2 aliphatic heterocycles. The number of phenolic OH excluding ortho intramolecular Hbond substituents is 1. The van der Waals surface area contributed by atoms with Gasteiger partial charge in [-0.25, -0.2) is 4.98 Å². The molecular weight excluding hydrogens is 408 g/mol. The van der Waals surface area contributed by atoms with E-state index in [-0.39, 0.29) is 11.7 Å². The first-order chi connectivity index (χ1) is 15.7. The molecule has 166 valence electrons. The SMILES string of the molecule is COc1ccccc1[C@H]1c2ccc(O)cc2Oc2ncn(CCN3CCOCC3)c(=N)c21. The molecule has 0 amide bonds. The number of aromatic nitrogens is 2. The molecule has 8 nitrogen and oxygen atoms in total. The van der Waals surface area contributed by atoms with Crippen LogP contribution in [0, 0.1) is 5.41 Å². The van der Waals surface area contributed by atoms with Gasteiger partial charge in [0.2, 0.25) is 5.88 Å². The largest absolute Gasteiger partial charge is 0.508 e. The first-order valence-electron chi connectivity index (χ1n) is 10.7. The van der Waals surface area contributed by atoms with Crippen molar-refractivity contribution in [3.8, 4) is 23.1 Å². The summed E-state index contributed by atoms with van der Waals surface area (Å²) < 4.78 is 19.0. The van der Waals surface area contributed by atoms with Crippen LogP contribution in [0.5, 0.6) is 23.1 Å². The Morgan fingerprint density at radius 2 is 1.94 bits per heavy atom. The molecule has 1 fully saturated rings. The predicted molar refractivity (Wildman–Crippen MR) is 117 cm³/mol. The van der Waals surface area contributed by atoms with E-state index in [0.717, 1.165) is 49.7 Å². The Bertz CT molecular complexity index is 1190. The van der Waals surface area contributed by atoms with E-state index >= 15 is 0 Å². The molecule has 32 heavy (non-hydrogen) atoms. The van der Waals surface area contributed by atoms with Gasteiger partial charge in [-0.05, 0) is 12.1 Å². The molecular formula is C24H26N4O4. The number of aromatic hydroxyl groups is 1. The van der Waals surface area contributed by atoms with Crippen molar-refractivity contribution >= 4 is 0 Å². The summed E-state index contributed by atoms with van der Waals surface area (Å²) in [7, 11) is 1.64. The van der Waals surface area contributed by atoms with Gasteiger partial charge in [-0.3, -0.25) is 10.3 Å². The third-order valence-electron chi connectivity index (χ3n) is 6.10. The Balaban J connectivity index is 1.59. The summed E-state index contributed by atoms with van der Waals surface area (Å²) in [4.78, 5) is 6.89. The van der Waals surface area contributed by atoms with Crippen LogP contribution in [0.2, 0.25) is 0 Å². The molecule has 8 heteroatoms. The van der Waals surface area contributed by atoms with Crippen molar-refractivity contribution in [1.82, 2.24) is 14.5 Å². The number of nitrogens with zero attached hydrogens (tertiary/aromatic N) is 3. The predicted octanol–water partition coefficient (Wildman–Crippen LogP) is 2.69. The molecule has 1 aromatic heterocycles. The molecule has 3 aromatic rings. The summed E-state index contributed by atoms with van der Waals surface area (Å²) in [6.07, 6.45) is 1.66. The second kappa shape index (κ2) is 8.64. The highest BCUT2D eigenvalue weighted by atomic mass is 16.5. The smallest absolute Gasteiger partial charge is 0.228 e. The molecule has 0 bridgehead atoms. The number of morpholine rings is 1. The van der Waals surface area contributed by atoms with E-state index < -0.39 is 0 Å². The highest BCUT2D eigenvalue weighted by Gasteiger charge is 2.33. The van der Waals surface area contributed by atoms with Crippen LogP contribution in [-0.2, 0) is 11.3 Å². The molecule has 0 unspecified atom stereocenters. The van der Waals surface area contributed by atoms with Crippen LogP contribution in [0.1, 0.15) is 22.6 Å². The van der Waals surface area contributed by atoms with Crippen molar-refractivity contribution in [2.24, 2.45) is 0 Å². The number of hydrogen-bond donors (Lipinski definition) is 2. The van der Waals surface area contributed by atoms with Crippen molar-refractivity contribution in [1.29, 1.82) is 5.41 Å². The Kier molecular flexibility index (Phi) is 5.55. The second-order valence-electron chi connectivity index (χ2n) is 7.96. The summed E-state index contributed by atoms with van der Waals surface area (Å²) in [6.45, 7) is 4.76. The summed E-state index contributed by atoms with van der Waals surface area (Å²) >= 11 is 0. The number of hydrogen-bond acceptors (Lipinski definition) is 7. The average molecular weight is 434 g/mol. The van der Waals surface area contributed by atoms with E-state index in [1.54, 1.807) is 25.6 Å². The fourth-order valence-corrected chi connectivity index (χ4v) is 4.43. The van der Waals surface area contributed by atoms with Crippen molar-refractivity contribution in [2.45, 2.75) is 12.5 Å². The summed E-state index contributed by atoms with van der Waals surface area (Å²) in [6, 6.07) is 12.9.